The molecule has 3 amide bonds. The van der Waals surface area contributed by atoms with Gasteiger partial charge in [-0.05, 0) is 30.2 Å². The fourth-order valence-electron chi connectivity index (χ4n) is 2.21. The van der Waals surface area contributed by atoms with Crippen LogP contribution < -0.4 is 15.4 Å². The first-order chi connectivity index (χ1) is 11.8. The van der Waals surface area contributed by atoms with Gasteiger partial charge in [-0.25, -0.2) is 0 Å². The Morgan fingerprint density at radius 2 is 1.76 bits per heavy atom. The van der Waals surface area contributed by atoms with Crippen molar-refractivity contribution < 1.29 is 19.1 Å². The van der Waals surface area contributed by atoms with Gasteiger partial charge in [0.2, 0.25) is 17.7 Å². The van der Waals surface area contributed by atoms with Gasteiger partial charge >= 0.3 is 0 Å². The zero-order valence-electron chi connectivity index (χ0n) is 15.3. The molecule has 138 valence electrons. The van der Waals surface area contributed by atoms with Crippen LogP contribution in [0.5, 0.6) is 5.75 Å². The first-order valence-corrected chi connectivity index (χ1v) is 8.34. The van der Waals surface area contributed by atoms with Crippen molar-refractivity contribution >= 4 is 23.4 Å². The van der Waals surface area contributed by atoms with Crippen molar-refractivity contribution in [2.24, 2.45) is 5.92 Å². The standard InChI is InChI=1S/C18H27N3O4/c1-5-18(24)21(11-13(2)3)12-17(23)19-10-16(22)20-14-6-8-15(25-4)9-7-14/h6-9,13H,5,10-12H2,1-4H3,(H,19,23)(H,20,22). The van der Waals surface area contributed by atoms with E-state index >= 15 is 0 Å². The average Bonchev–Trinajstić information content (AvgIpc) is 2.59. The molecule has 0 radical (unpaired) electrons. The molecular formula is C18H27N3O4. The van der Waals surface area contributed by atoms with Crippen LogP contribution in [0.1, 0.15) is 27.2 Å². The Morgan fingerprint density at radius 1 is 1.12 bits per heavy atom. The molecule has 0 spiro atoms. The summed E-state index contributed by atoms with van der Waals surface area (Å²) in [5, 5.41) is 5.22. The van der Waals surface area contributed by atoms with Gasteiger partial charge in [0, 0.05) is 18.7 Å². The fourth-order valence-corrected chi connectivity index (χ4v) is 2.21. The minimum atomic E-state index is -0.354. The molecule has 0 fully saturated rings. The van der Waals surface area contributed by atoms with Crippen LogP contribution in [0.2, 0.25) is 0 Å². The highest BCUT2D eigenvalue weighted by atomic mass is 16.5. The van der Waals surface area contributed by atoms with Crippen LogP contribution in [0.3, 0.4) is 0 Å². The van der Waals surface area contributed by atoms with E-state index in [1.165, 1.54) is 4.90 Å². The van der Waals surface area contributed by atoms with E-state index in [2.05, 4.69) is 10.6 Å². The third-order valence-corrected chi connectivity index (χ3v) is 3.40. The highest BCUT2D eigenvalue weighted by Gasteiger charge is 2.17. The second-order valence-corrected chi connectivity index (χ2v) is 6.08. The molecule has 0 unspecified atom stereocenters. The number of amides is 3. The van der Waals surface area contributed by atoms with E-state index < -0.39 is 0 Å². The van der Waals surface area contributed by atoms with Crippen LogP contribution in [0.15, 0.2) is 24.3 Å². The number of benzene rings is 1. The first kappa shape index (κ1) is 20.5. The van der Waals surface area contributed by atoms with E-state index in [0.29, 0.717) is 24.4 Å². The van der Waals surface area contributed by atoms with Crippen molar-refractivity contribution in [1.82, 2.24) is 10.2 Å². The number of nitrogens with zero attached hydrogens (tertiary/aromatic N) is 1. The zero-order valence-corrected chi connectivity index (χ0v) is 15.3. The summed E-state index contributed by atoms with van der Waals surface area (Å²) in [5.41, 5.74) is 0.614. The molecule has 2 N–H and O–H groups in total. The van der Waals surface area contributed by atoms with Crippen molar-refractivity contribution in [3.8, 4) is 5.75 Å². The first-order valence-electron chi connectivity index (χ1n) is 8.34. The molecule has 0 saturated carbocycles. The Bertz CT molecular complexity index is 584. The Labute approximate surface area is 148 Å². The minimum Gasteiger partial charge on any atom is -0.497 e. The number of ether oxygens (including phenoxy) is 1. The smallest absolute Gasteiger partial charge is 0.243 e. The predicted octanol–water partition coefficient (Wildman–Crippen LogP) is 1.64. The van der Waals surface area contributed by atoms with Gasteiger partial charge < -0.3 is 20.3 Å². The number of nitrogens with one attached hydrogen (secondary N) is 2. The van der Waals surface area contributed by atoms with Crippen LogP contribution >= 0.6 is 0 Å². The quantitative estimate of drug-likeness (QED) is 0.709. The zero-order chi connectivity index (χ0) is 18.8. The molecule has 0 bridgehead atoms. The maximum atomic E-state index is 12.0. The summed E-state index contributed by atoms with van der Waals surface area (Å²) in [4.78, 5) is 37.3. The van der Waals surface area contributed by atoms with Gasteiger partial charge in [0.15, 0.2) is 0 Å². The number of rotatable bonds is 9. The summed E-state index contributed by atoms with van der Waals surface area (Å²) in [6.07, 6.45) is 0.345. The maximum absolute atomic E-state index is 12.0. The summed E-state index contributed by atoms with van der Waals surface area (Å²) < 4.78 is 5.04. The molecule has 0 heterocycles. The second kappa shape index (κ2) is 10.3. The second-order valence-electron chi connectivity index (χ2n) is 6.08. The number of carbonyl (C=O) groups is 3. The Morgan fingerprint density at radius 3 is 2.28 bits per heavy atom. The lowest BCUT2D eigenvalue weighted by Crippen LogP contribution is -2.44. The van der Waals surface area contributed by atoms with Crippen molar-refractivity contribution in [2.45, 2.75) is 27.2 Å². The summed E-state index contributed by atoms with van der Waals surface area (Å²) >= 11 is 0. The lowest BCUT2D eigenvalue weighted by molar-refractivity contribution is -0.136. The lowest BCUT2D eigenvalue weighted by atomic mass is 10.2. The molecule has 7 heteroatoms. The molecule has 25 heavy (non-hydrogen) atoms. The van der Waals surface area contributed by atoms with E-state index in [0.717, 1.165) is 0 Å². The molecule has 0 saturated heterocycles. The lowest BCUT2D eigenvalue weighted by Gasteiger charge is -2.23. The molecular weight excluding hydrogens is 322 g/mol. The highest BCUT2D eigenvalue weighted by Crippen LogP contribution is 2.14. The van der Waals surface area contributed by atoms with E-state index in [4.69, 9.17) is 4.74 Å². The molecule has 0 aliphatic heterocycles. The third kappa shape index (κ3) is 7.69. The topological polar surface area (TPSA) is 87.7 Å². The Hall–Kier alpha value is -2.57. The molecule has 0 aromatic heterocycles. The summed E-state index contributed by atoms with van der Waals surface area (Å²) in [6, 6.07) is 6.88. The van der Waals surface area contributed by atoms with Crippen LogP contribution in [-0.2, 0) is 14.4 Å². The summed E-state index contributed by atoms with van der Waals surface area (Å²) in [7, 11) is 1.56. The number of methoxy groups -OCH3 is 1. The number of hydrogen-bond donors (Lipinski definition) is 2. The number of anilines is 1. The van der Waals surface area contributed by atoms with Gasteiger partial charge in [0.1, 0.15) is 5.75 Å². The maximum Gasteiger partial charge on any atom is 0.243 e. The van der Waals surface area contributed by atoms with E-state index in [1.807, 2.05) is 13.8 Å². The minimum absolute atomic E-state index is 0.0410. The van der Waals surface area contributed by atoms with Gasteiger partial charge in [0.05, 0.1) is 20.2 Å². The van der Waals surface area contributed by atoms with E-state index in [9.17, 15) is 14.4 Å². The molecule has 1 rings (SSSR count). The highest BCUT2D eigenvalue weighted by molar-refractivity contribution is 5.95. The Balaban J connectivity index is 2.45. The van der Waals surface area contributed by atoms with E-state index in [1.54, 1.807) is 38.3 Å². The predicted molar refractivity (Wildman–Crippen MR) is 96.3 cm³/mol. The Kier molecular flexibility index (Phi) is 8.46. The SMILES string of the molecule is CCC(=O)N(CC(=O)NCC(=O)Nc1ccc(OC)cc1)CC(C)C. The van der Waals surface area contributed by atoms with Crippen molar-refractivity contribution in [3.05, 3.63) is 24.3 Å². The van der Waals surface area contributed by atoms with Crippen LogP contribution in [0.4, 0.5) is 5.69 Å². The van der Waals surface area contributed by atoms with Crippen molar-refractivity contribution in [1.29, 1.82) is 0 Å². The number of carbonyl (C=O) groups excluding carboxylic acids is 3. The molecule has 7 nitrogen and oxygen atoms in total. The summed E-state index contributed by atoms with van der Waals surface area (Å²) in [5.74, 6) is 0.188. The summed E-state index contributed by atoms with van der Waals surface area (Å²) in [6.45, 7) is 6.04. The molecule has 1 aromatic rings. The molecule has 0 aliphatic carbocycles. The molecule has 0 atom stereocenters. The van der Waals surface area contributed by atoms with Gasteiger partial charge in [-0.15, -0.1) is 0 Å². The van der Waals surface area contributed by atoms with Crippen LogP contribution in [0.25, 0.3) is 0 Å². The third-order valence-electron chi connectivity index (χ3n) is 3.40. The normalized spacial score (nSPS) is 10.3. The van der Waals surface area contributed by atoms with Crippen molar-refractivity contribution in [3.63, 3.8) is 0 Å². The van der Waals surface area contributed by atoms with Crippen LogP contribution in [0, 0.1) is 5.92 Å². The average molecular weight is 349 g/mol. The van der Waals surface area contributed by atoms with E-state index in [-0.39, 0.29) is 36.7 Å². The molecule has 1 aromatic carbocycles. The van der Waals surface area contributed by atoms with Gasteiger partial charge in [-0.3, -0.25) is 14.4 Å². The number of hydrogen-bond acceptors (Lipinski definition) is 4. The fraction of sp³-hybridized carbons (Fsp3) is 0.500. The van der Waals surface area contributed by atoms with Gasteiger partial charge in [0.25, 0.3) is 0 Å². The monoisotopic (exact) mass is 349 g/mol. The van der Waals surface area contributed by atoms with Gasteiger partial charge in [-0.1, -0.05) is 20.8 Å². The molecule has 0 aliphatic rings. The largest absolute Gasteiger partial charge is 0.497 e. The van der Waals surface area contributed by atoms with Crippen LogP contribution in [-0.4, -0.2) is 49.4 Å². The van der Waals surface area contributed by atoms with Crippen molar-refractivity contribution in [2.75, 3.05) is 32.1 Å². The van der Waals surface area contributed by atoms with Gasteiger partial charge in [-0.2, -0.15) is 0 Å².